The van der Waals surface area contributed by atoms with Crippen molar-refractivity contribution in [3.63, 3.8) is 0 Å². The molecule has 130 valence electrons. The molecule has 1 unspecified atom stereocenters. The molecule has 2 aromatic carbocycles. The summed E-state index contributed by atoms with van der Waals surface area (Å²) in [5.74, 6) is 0.0896. The number of amides is 2. The smallest absolute Gasteiger partial charge is 0.276 e. The number of carbonyl (C=O) groups is 2. The minimum absolute atomic E-state index is 0.0753. The van der Waals surface area contributed by atoms with E-state index in [-0.39, 0.29) is 24.0 Å². The lowest BCUT2D eigenvalue weighted by molar-refractivity contribution is -0.140. The molecule has 1 heterocycles. The summed E-state index contributed by atoms with van der Waals surface area (Å²) >= 11 is 7.12. The number of ether oxygens (including phenoxy) is 1. The Bertz CT molecular complexity index is 784. The summed E-state index contributed by atoms with van der Waals surface area (Å²) in [6.45, 7) is -0.246. The molecule has 1 saturated heterocycles. The largest absolute Gasteiger partial charge is 0.508 e. The van der Waals surface area contributed by atoms with E-state index in [0.717, 1.165) is 0 Å². The number of phenolic OH excluding ortho intramolecular Hbond substituents is 1. The number of rotatable bonds is 5. The first-order valence-electron chi connectivity index (χ1n) is 7.44. The van der Waals surface area contributed by atoms with Crippen LogP contribution >= 0.6 is 23.4 Å². The molecule has 1 atom stereocenters. The Balaban J connectivity index is 1.63. The van der Waals surface area contributed by atoms with E-state index in [4.69, 9.17) is 16.3 Å². The average molecular weight is 379 g/mol. The van der Waals surface area contributed by atoms with Gasteiger partial charge in [0.2, 0.25) is 0 Å². The lowest BCUT2D eigenvalue weighted by Gasteiger charge is -2.25. The van der Waals surface area contributed by atoms with Crippen molar-refractivity contribution < 1.29 is 19.4 Å². The SMILES string of the molecule is O=C(COc1ccc(Cl)cc1)NN1C(=O)CSC1c1ccccc1O. The van der Waals surface area contributed by atoms with Gasteiger partial charge in [0.25, 0.3) is 11.8 Å². The lowest BCUT2D eigenvalue weighted by Crippen LogP contribution is -2.46. The molecule has 2 amide bonds. The third-order valence-electron chi connectivity index (χ3n) is 3.50. The number of hydrogen-bond acceptors (Lipinski definition) is 5. The van der Waals surface area contributed by atoms with Crippen molar-refractivity contribution >= 4 is 35.2 Å². The number of halogens is 1. The van der Waals surface area contributed by atoms with E-state index in [0.29, 0.717) is 16.3 Å². The van der Waals surface area contributed by atoms with E-state index in [1.807, 2.05) is 0 Å². The summed E-state index contributed by atoms with van der Waals surface area (Å²) in [5, 5.41) is 11.3. The number of nitrogens with one attached hydrogen (secondary N) is 1. The van der Waals surface area contributed by atoms with Gasteiger partial charge in [-0.25, -0.2) is 5.01 Å². The second-order valence-electron chi connectivity index (χ2n) is 5.26. The summed E-state index contributed by atoms with van der Waals surface area (Å²) in [7, 11) is 0. The van der Waals surface area contributed by atoms with Crippen molar-refractivity contribution in [2.75, 3.05) is 12.4 Å². The molecule has 1 aliphatic rings. The van der Waals surface area contributed by atoms with Crippen LogP contribution in [0.1, 0.15) is 10.9 Å². The van der Waals surface area contributed by atoms with Crippen LogP contribution < -0.4 is 10.2 Å². The number of carbonyl (C=O) groups excluding carboxylic acids is 2. The molecule has 0 spiro atoms. The van der Waals surface area contributed by atoms with Crippen LogP contribution in [0, 0.1) is 0 Å². The van der Waals surface area contributed by atoms with Crippen LogP contribution in [0.15, 0.2) is 48.5 Å². The fourth-order valence-electron chi connectivity index (χ4n) is 2.32. The standard InChI is InChI=1S/C17H15ClN2O4S/c18-11-5-7-12(8-6-11)24-9-15(22)19-20-16(23)10-25-17(20)13-3-1-2-4-14(13)21/h1-8,17,21H,9-10H2,(H,19,22). The van der Waals surface area contributed by atoms with E-state index in [1.165, 1.54) is 16.8 Å². The Morgan fingerprint density at radius 3 is 2.72 bits per heavy atom. The van der Waals surface area contributed by atoms with Crippen LogP contribution in [0.2, 0.25) is 5.02 Å². The highest BCUT2D eigenvalue weighted by Gasteiger charge is 2.35. The summed E-state index contributed by atoms with van der Waals surface area (Å²) in [6.07, 6.45) is 0. The van der Waals surface area contributed by atoms with E-state index in [9.17, 15) is 14.7 Å². The summed E-state index contributed by atoms with van der Waals surface area (Å²) < 4.78 is 5.37. The number of thioether (sulfide) groups is 1. The Morgan fingerprint density at radius 1 is 1.28 bits per heavy atom. The molecule has 25 heavy (non-hydrogen) atoms. The van der Waals surface area contributed by atoms with Gasteiger partial charge in [0.05, 0.1) is 5.75 Å². The van der Waals surface area contributed by atoms with E-state index in [2.05, 4.69) is 5.43 Å². The molecule has 0 aliphatic carbocycles. The zero-order valence-corrected chi connectivity index (χ0v) is 14.6. The van der Waals surface area contributed by atoms with Gasteiger partial charge in [-0.3, -0.25) is 15.0 Å². The summed E-state index contributed by atoms with van der Waals surface area (Å²) in [4.78, 5) is 24.2. The van der Waals surface area contributed by atoms with Gasteiger partial charge in [-0.1, -0.05) is 29.8 Å². The van der Waals surface area contributed by atoms with Gasteiger partial charge >= 0.3 is 0 Å². The molecule has 3 rings (SSSR count). The highest BCUT2D eigenvalue weighted by Crippen LogP contribution is 2.40. The van der Waals surface area contributed by atoms with Gasteiger partial charge in [0.15, 0.2) is 6.61 Å². The normalized spacial score (nSPS) is 16.8. The molecule has 0 saturated carbocycles. The first kappa shape index (κ1) is 17.4. The van der Waals surface area contributed by atoms with Gasteiger partial charge in [0, 0.05) is 10.6 Å². The molecule has 1 fully saturated rings. The van der Waals surface area contributed by atoms with Crippen molar-refractivity contribution in [1.29, 1.82) is 0 Å². The number of hydrazine groups is 1. The monoisotopic (exact) mass is 378 g/mol. The molecule has 6 nitrogen and oxygen atoms in total. The van der Waals surface area contributed by atoms with Gasteiger partial charge in [0.1, 0.15) is 16.9 Å². The number of benzene rings is 2. The van der Waals surface area contributed by atoms with Gasteiger partial charge in [-0.15, -0.1) is 11.8 Å². The zero-order chi connectivity index (χ0) is 17.8. The molecule has 2 aromatic rings. The maximum absolute atomic E-state index is 12.1. The predicted octanol–water partition coefficient (Wildman–Crippen LogP) is 2.73. The van der Waals surface area contributed by atoms with Crippen molar-refractivity contribution in [3.05, 3.63) is 59.1 Å². The van der Waals surface area contributed by atoms with E-state index < -0.39 is 11.3 Å². The van der Waals surface area contributed by atoms with Crippen LogP contribution in [0.5, 0.6) is 11.5 Å². The third kappa shape index (κ3) is 4.18. The number of para-hydroxylation sites is 1. The van der Waals surface area contributed by atoms with Crippen molar-refractivity contribution in [2.45, 2.75) is 5.37 Å². The minimum atomic E-state index is -0.479. The van der Waals surface area contributed by atoms with E-state index >= 15 is 0 Å². The minimum Gasteiger partial charge on any atom is -0.508 e. The maximum atomic E-state index is 12.1. The Hall–Kier alpha value is -2.38. The van der Waals surface area contributed by atoms with Gasteiger partial charge < -0.3 is 9.84 Å². The fourth-order valence-corrected chi connectivity index (χ4v) is 3.58. The zero-order valence-electron chi connectivity index (χ0n) is 13.0. The average Bonchev–Trinajstić information content (AvgIpc) is 2.95. The molecule has 0 bridgehead atoms. The fraction of sp³-hybridized carbons (Fsp3) is 0.176. The summed E-state index contributed by atoms with van der Waals surface area (Å²) in [5.41, 5.74) is 3.11. The second kappa shape index (κ2) is 7.67. The number of aromatic hydroxyl groups is 1. The first-order valence-corrected chi connectivity index (χ1v) is 8.86. The highest BCUT2D eigenvalue weighted by molar-refractivity contribution is 8.00. The van der Waals surface area contributed by atoms with Crippen LogP contribution in [0.4, 0.5) is 0 Å². The molecule has 0 radical (unpaired) electrons. The van der Waals surface area contributed by atoms with Gasteiger partial charge in [-0.2, -0.15) is 0 Å². The van der Waals surface area contributed by atoms with Crippen molar-refractivity contribution in [1.82, 2.24) is 10.4 Å². The van der Waals surface area contributed by atoms with Crippen LogP contribution in [-0.4, -0.2) is 34.3 Å². The van der Waals surface area contributed by atoms with Crippen molar-refractivity contribution in [2.24, 2.45) is 0 Å². The highest BCUT2D eigenvalue weighted by atomic mass is 35.5. The Morgan fingerprint density at radius 2 is 2.00 bits per heavy atom. The van der Waals surface area contributed by atoms with E-state index in [1.54, 1.807) is 48.5 Å². The predicted molar refractivity (Wildman–Crippen MR) is 95.2 cm³/mol. The Kier molecular flexibility index (Phi) is 5.35. The lowest BCUT2D eigenvalue weighted by atomic mass is 10.2. The van der Waals surface area contributed by atoms with Crippen LogP contribution in [0.3, 0.4) is 0 Å². The quantitative estimate of drug-likeness (QED) is 0.836. The number of nitrogens with zero attached hydrogens (tertiary/aromatic N) is 1. The maximum Gasteiger partial charge on any atom is 0.276 e. The molecule has 1 aliphatic heterocycles. The number of phenols is 1. The third-order valence-corrected chi connectivity index (χ3v) is 4.95. The Labute approximate surface area is 153 Å². The number of hydrogen-bond donors (Lipinski definition) is 2. The second-order valence-corrected chi connectivity index (χ2v) is 6.77. The van der Waals surface area contributed by atoms with Crippen LogP contribution in [-0.2, 0) is 9.59 Å². The first-order chi connectivity index (χ1) is 12.0. The summed E-state index contributed by atoms with van der Waals surface area (Å²) in [6, 6.07) is 13.3. The van der Waals surface area contributed by atoms with Gasteiger partial charge in [-0.05, 0) is 30.3 Å². The molecular weight excluding hydrogens is 364 g/mol. The molecule has 8 heteroatoms. The topological polar surface area (TPSA) is 78.9 Å². The van der Waals surface area contributed by atoms with Crippen LogP contribution in [0.25, 0.3) is 0 Å². The molecule has 0 aromatic heterocycles. The molecular formula is C17H15ClN2O4S. The van der Waals surface area contributed by atoms with Crippen molar-refractivity contribution in [3.8, 4) is 11.5 Å². The molecule has 2 N–H and O–H groups in total.